The van der Waals surface area contributed by atoms with Gasteiger partial charge in [-0.05, 0) is 12.0 Å². The Morgan fingerprint density at radius 2 is 2.07 bits per heavy atom. The highest BCUT2D eigenvalue weighted by molar-refractivity contribution is 5.74. The molecule has 0 fully saturated rings. The summed E-state index contributed by atoms with van der Waals surface area (Å²) >= 11 is 0. The lowest BCUT2D eigenvalue weighted by molar-refractivity contribution is -0.129. The summed E-state index contributed by atoms with van der Waals surface area (Å²) in [6, 6.07) is 6.82. The van der Waals surface area contributed by atoms with Gasteiger partial charge in [-0.15, -0.1) is 0 Å². The van der Waals surface area contributed by atoms with Gasteiger partial charge in [0.05, 0.1) is 0 Å². The van der Waals surface area contributed by atoms with E-state index in [2.05, 4.69) is 4.98 Å². The molecular formula is C9H10N3O2+. The van der Waals surface area contributed by atoms with Gasteiger partial charge in [0, 0.05) is 18.6 Å². The number of carbonyl (C=O) groups excluding carboxylic acids is 1. The van der Waals surface area contributed by atoms with Crippen molar-refractivity contribution in [2.24, 2.45) is 0 Å². The fraction of sp³-hybridized carbons (Fsp3) is 0.222. The van der Waals surface area contributed by atoms with Gasteiger partial charge in [-0.1, -0.05) is 12.1 Å². The van der Waals surface area contributed by atoms with Gasteiger partial charge in [-0.2, -0.15) is 0 Å². The van der Waals surface area contributed by atoms with Crippen LogP contribution in [0.5, 0.6) is 0 Å². The van der Waals surface area contributed by atoms with Crippen LogP contribution in [0.3, 0.4) is 0 Å². The zero-order chi connectivity index (χ0) is 10.4. The predicted octanol–water partition coefficient (Wildman–Crippen LogP) is 1.61. The molecule has 0 unspecified atom stereocenters. The highest BCUT2D eigenvalue weighted by atomic mass is 16.5. The number of amides is 1. The van der Waals surface area contributed by atoms with Crippen molar-refractivity contribution >= 4 is 11.6 Å². The predicted molar refractivity (Wildman–Crippen MR) is 49.4 cm³/mol. The minimum Gasteiger partial charge on any atom is -0.289 e. The summed E-state index contributed by atoms with van der Waals surface area (Å²) in [6.07, 6.45) is 0.768. The molecule has 0 heterocycles. The van der Waals surface area contributed by atoms with Crippen molar-refractivity contribution in [2.75, 3.05) is 0 Å². The molecule has 14 heavy (non-hydrogen) atoms. The Balaban J connectivity index is 2.53. The van der Waals surface area contributed by atoms with Crippen molar-refractivity contribution in [2.45, 2.75) is 12.8 Å². The number of hydrogen-bond acceptors (Lipinski definition) is 3. The van der Waals surface area contributed by atoms with Crippen molar-refractivity contribution in [1.29, 1.82) is 5.39 Å². The van der Waals surface area contributed by atoms with E-state index >= 15 is 0 Å². The van der Waals surface area contributed by atoms with Crippen LogP contribution < -0.4 is 5.48 Å². The van der Waals surface area contributed by atoms with Crippen LogP contribution >= 0.6 is 0 Å². The summed E-state index contributed by atoms with van der Waals surface area (Å²) in [5.41, 5.74) is 2.98. The maximum atomic E-state index is 10.7. The third-order valence-corrected chi connectivity index (χ3v) is 1.82. The second-order valence-corrected chi connectivity index (χ2v) is 2.80. The molecule has 1 aromatic rings. The number of diazo groups is 1. The summed E-state index contributed by atoms with van der Waals surface area (Å²) in [4.78, 5) is 13.7. The van der Waals surface area contributed by atoms with E-state index in [1.165, 1.54) is 0 Å². The van der Waals surface area contributed by atoms with E-state index in [1.807, 2.05) is 0 Å². The minimum atomic E-state index is -0.416. The third-order valence-electron chi connectivity index (χ3n) is 1.82. The van der Waals surface area contributed by atoms with Gasteiger partial charge in [0.15, 0.2) is 4.98 Å². The Bertz CT molecular complexity index is 353. The Hall–Kier alpha value is -1.93. The minimum absolute atomic E-state index is 0.228. The molecule has 5 heteroatoms. The number of carbonyl (C=O) groups is 1. The van der Waals surface area contributed by atoms with Crippen molar-refractivity contribution in [1.82, 2.24) is 5.48 Å². The first-order chi connectivity index (χ1) is 6.76. The standard InChI is InChI=1S/C9H9N3O2/c10-11-8-4-1-7(2-5-8)3-6-9(13)12-14/h1-2,4-5H,3,6H2,(H-,12,13,14)/p+1. The first-order valence-electron chi connectivity index (χ1n) is 4.13. The van der Waals surface area contributed by atoms with Crippen molar-refractivity contribution < 1.29 is 10.0 Å². The maximum absolute atomic E-state index is 10.7. The zero-order valence-electron chi connectivity index (χ0n) is 7.47. The summed E-state index contributed by atoms with van der Waals surface area (Å²) in [6.45, 7) is 0. The third kappa shape index (κ3) is 2.84. The number of nitrogens with one attached hydrogen (secondary N) is 1. The first-order valence-corrected chi connectivity index (χ1v) is 4.13. The molecule has 0 aromatic heterocycles. The lowest BCUT2D eigenvalue weighted by Gasteiger charge is -1.98. The Kier molecular flexibility index (Phi) is 3.58. The van der Waals surface area contributed by atoms with Crippen LogP contribution in [-0.4, -0.2) is 11.1 Å². The average Bonchev–Trinajstić information content (AvgIpc) is 2.26. The lowest BCUT2D eigenvalue weighted by atomic mass is 10.1. The monoisotopic (exact) mass is 192 g/mol. The maximum Gasteiger partial charge on any atom is 0.385 e. The van der Waals surface area contributed by atoms with Crippen LogP contribution in [0.1, 0.15) is 12.0 Å². The molecule has 0 atom stereocenters. The summed E-state index contributed by atoms with van der Waals surface area (Å²) < 4.78 is 0. The molecule has 0 spiro atoms. The molecule has 0 radical (unpaired) electrons. The highest BCUT2D eigenvalue weighted by Gasteiger charge is 2.04. The first kappa shape index (κ1) is 10.2. The molecule has 0 aliphatic heterocycles. The lowest BCUT2D eigenvalue weighted by Crippen LogP contribution is -2.18. The molecule has 1 rings (SSSR count). The molecule has 0 bridgehead atoms. The van der Waals surface area contributed by atoms with Crippen LogP contribution in [-0.2, 0) is 11.2 Å². The van der Waals surface area contributed by atoms with Gasteiger partial charge in [-0.25, -0.2) is 5.48 Å². The Morgan fingerprint density at radius 1 is 1.43 bits per heavy atom. The van der Waals surface area contributed by atoms with Crippen LogP contribution in [0, 0.1) is 5.39 Å². The van der Waals surface area contributed by atoms with E-state index in [1.54, 1.807) is 29.7 Å². The quantitative estimate of drug-likeness (QED) is 0.434. The van der Waals surface area contributed by atoms with E-state index < -0.39 is 5.91 Å². The highest BCUT2D eigenvalue weighted by Crippen LogP contribution is 2.13. The van der Waals surface area contributed by atoms with E-state index in [0.29, 0.717) is 12.1 Å². The van der Waals surface area contributed by atoms with Crippen molar-refractivity contribution in [3.63, 3.8) is 0 Å². The molecule has 0 saturated heterocycles. The molecule has 0 saturated carbocycles. The number of hydrogen-bond donors (Lipinski definition) is 2. The summed E-state index contributed by atoms with van der Waals surface area (Å²) in [7, 11) is 0. The fourth-order valence-electron chi connectivity index (χ4n) is 1.04. The number of rotatable bonds is 3. The molecule has 2 N–H and O–H groups in total. The van der Waals surface area contributed by atoms with E-state index in [9.17, 15) is 4.79 Å². The van der Waals surface area contributed by atoms with Gasteiger partial charge < -0.3 is 0 Å². The second-order valence-electron chi connectivity index (χ2n) is 2.80. The molecule has 5 nitrogen and oxygen atoms in total. The summed E-state index contributed by atoms with van der Waals surface area (Å²) in [5, 5.41) is 16.7. The molecule has 0 aliphatic rings. The number of aryl methyl sites for hydroxylation is 1. The van der Waals surface area contributed by atoms with Gasteiger partial charge in [0.25, 0.3) is 0 Å². The van der Waals surface area contributed by atoms with Crippen LogP contribution in [0.2, 0.25) is 0 Å². The van der Waals surface area contributed by atoms with Gasteiger partial charge in [0.1, 0.15) is 0 Å². The molecule has 0 aliphatic carbocycles. The number of benzene rings is 1. The smallest absolute Gasteiger partial charge is 0.289 e. The number of nitrogens with zero attached hydrogens (tertiary/aromatic N) is 2. The molecule has 1 amide bonds. The van der Waals surface area contributed by atoms with Gasteiger partial charge in [-0.3, -0.25) is 10.0 Å². The average molecular weight is 192 g/mol. The SMILES string of the molecule is N#[N+]c1ccc(CCC(=O)NO)cc1. The van der Waals surface area contributed by atoms with Crippen LogP contribution in [0.4, 0.5) is 5.69 Å². The van der Waals surface area contributed by atoms with E-state index in [0.717, 1.165) is 5.56 Å². The summed E-state index contributed by atoms with van der Waals surface area (Å²) in [5.74, 6) is -0.416. The van der Waals surface area contributed by atoms with E-state index in [4.69, 9.17) is 10.6 Å². The van der Waals surface area contributed by atoms with Crippen molar-refractivity contribution in [3.8, 4) is 0 Å². The van der Waals surface area contributed by atoms with Gasteiger partial charge >= 0.3 is 5.69 Å². The molecule has 1 aromatic carbocycles. The normalized spacial score (nSPS) is 9.14. The largest absolute Gasteiger partial charge is 0.385 e. The fourth-order valence-corrected chi connectivity index (χ4v) is 1.04. The van der Waals surface area contributed by atoms with E-state index in [-0.39, 0.29) is 6.42 Å². The Labute approximate surface area is 80.9 Å². The van der Waals surface area contributed by atoms with Gasteiger partial charge in [0.2, 0.25) is 11.3 Å². The zero-order valence-corrected chi connectivity index (χ0v) is 7.47. The topological polar surface area (TPSA) is 77.5 Å². The van der Waals surface area contributed by atoms with Crippen LogP contribution in [0.15, 0.2) is 24.3 Å². The van der Waals surface area contributed by atoms with Crippen molar-refractivity contribution in [3.05, 3.63) is 34.8 Å². The molecule has 72 valence electrons. The number of hydroxylamine groups is 1. The van der Waals surface area contributed by atoms with Crippen LogP contribution in [0.25, 0.3) is 4.98 Å². The second kappa shape index (κ2) is 4.94. The molecular weight excluding hydrogens is 182 g/mol. The Morgan fingerprint density at radius 3 is 2.57 bits per heavy atom.